The molecule has 1 aromatic carbocycles. The Balaban J connectivity index is 0.00000161. The smallest absolute Gasteiger partial charge is 0.872 e. The Hall–Kier alpha value is -1.82. The van der Waals surface area contributed by atoms with Gasteiger partial charge in [-0.05, 0) is 24.3 Å². The second-order valence-electron chi connectivity index (χ2n) is 4.24. The Morgan fingerprint density at radius 2 is 2.10 bits per heavy atom. The molecule has 100 valence electrons. The minimum atomic E-state index is -0.647. The summed E-state index contributed by atoms with van der Waals surface area (Å²) in [6, 6.07) is 9.41. The van der Waals surface area contributed by atoms with Crippen LogP contribution in [-0.4, -0.2) is 4.98 Å². The zero-order valence-electron chi connectivity index (χ0n) is 11.4. The molecule has 0 amide bonds. The van der Waals surface area contributed by atoms with Gasteiger partial charge in [0.15, 0.2) is 0 Å². The topological polar surface area (TPSA) is 75.4 Å². The van der Waals surface area contributed by atoms with E-state index >= 15 is 0 Å². The molecule has 0 saturated carbocycles. The maximum absolute atomic E-state index is 11.7. The predicted octanol–water partition coefficient (Wildman–Crippen LogP) is -1.16. The molecule has 0 spiro atoms. The SMILES string of the molecule is O=c1cc([O-])c2cc(OCc3cccnc3)ccc2o1.[Na+]. The molecule has 0 bridgehead atoms. The molecule has 2 heterocycles. The number of fused-ring (bicyclic) bond motifs is 1. The van der Waals surface area contributed by atoms with Crippen LogP contribution in [0.5, 0.6) is 11.5 Å². The molecule has 2 aromatic heterocycles. The minimum absolute atomic E-state index is 0. The Bertz CT molecular complexity index is 802. The molecule has 0 aliphatic heterocycles. The number of ether oxygens (including phenoxy) is 1. The van der Waals surface area contributed by atoms with Crippen LogP contribution in [0, 0.1) is 0 Å². The number of benzene rings is 1. The van der Waals surface area contributed by atoms with Gasteiger partial charge in [0.25, 0.3) is 0 Å². The van der Waals surface area contributed by atoms with E-state index in [2.05, 4.69) is 4.98 Å². The fourth-order valence-electron chi connectivity index (χ4n) is 1.85. The first-order valence-electron chi connectivity index (χ1n) is 5.99. The van der Waals surface area contributed by atoms with Crippen LogP contribution in [0.4, 0.5) is 0 Å². The van der Waals surface area contributed by atoms with Crippen molar-refractivity contribution in [2.24, 2.45) is 0 Å². The van der Waals surface area contributed by atoms with E-state index in [1.165, 1.54) is 0 Å². The first-order valence-corrected chi connectivity index (χ1v) is 5.99. The van der Waals surface area contributed by atoms with E-state index in [1.54, 1.807) is 30.6 Å². The van der Waals surface area contributed by atoms with Gasteiger partial charge < -0.3 is 14.3 Å². The van der Waals surface area contributed by atoms with Gasteiger partial charge in [0, 0.05) is 29.4 Å². The number of pyridine rings is 1. The van der Waals surface area contributed by atoms with E-state index in [4.69, 9.17) is 9.15 Å². The Labute approximate surface area is 142 Å². The fraction of sp³-hybridized carbons (Fsp3) is 0.0667. The monoisotopic (exact) mass is 291 g/mol. The summed E-state index contributed by atoms with van der Waals surface area (Å²) in [6.45, 7) is 0.352. The molecule has 0 radical (unpaired) electrons. The third-order valence-corrected chi connectivity index (χ3v) is 2.80. The van der Waals surface area contributed by atoms with Gasteiger partial charge in [0.1, 0.15) is 17.9 Å². The molecular weight excluding hydrogens is 281 g/mol. The first kappa shape index (κ1) is 15.6. The summed E-state index contributed by atoms with van der Waals surface area (Å²) in [7, 11) is 0. The van der Waals surface area contributed by atoms with Gasteiger partial charge in [-0.25, -0.2) is 4.79 Å². The fourth-order valence-corrected chi connectivity index (χ4v) is 1.85. The van der Waals surface area contributed by atoms with Crippen molar-refractivity contribution in [1.29, 1.82) is 0 Å². The summed E-state index contributed by atoms with van der Waals surface area (Å²) in [5.74, 6) is 0.162. The van der Waals surface area contributed by atoms with Crippen LogP contribution in [0.2, 0.25) is 0 Å². The second kappa shape index (κ2) is 6.76. The van der Waals surface area contributed by atoms with Gasteiger partial charge >= 0.3 is 35.2 Å². The molecule has 6 heteroatoms. The normalized spacial score (nSPS) is 10.1. The molecule has 0 saturated heterocycles. The van der Waals surface area contributed by atoms with Crippen molar-refractivity contribution in [3.63, 3.8) is 0 Å². The van der Waals surface area contributed by atoms with Crippen molar-refractivity contribution in [1.82, 2.24) is 4.98 Å². The van der Waals surface area contributed by atoms with Crippen LogP contribution in [0.3, 0.4) is 0 Å². The van der Waals surface area contributed by atoms with Crippen molar-refractivity contribution < 1.29 is 43.8 Å². The van der Waals surface area contributed by atoms with Gasteiger partial charge in [0.05, 0.1) is 0 Å². The molecule has 0 N–H and O–H groups in total. The third kappa shape index (κ3) is 3.64. The largest absolute Gasteiger partial charge is 1.00 e. The predicted molar refractivity (Wildman–Crippen MR) is 70.5 cm³/mol. The van der Waals surface area contributed by atoms with Gasteiger partial charge in [-0.15, -0.1) is 0 Å². The zero-order valence-corrected chi connectivity index (χ0v) is 13.4. The maximum Gasteiger partial charge on any atom is 1.00 e. The van der Waals surface area contributed by atoms with Crippen molar-refractivity contribution in [3.05, 3.63) is 64.8 Å². The first-order chi connectivity index (χ1) is 9.72. The van der Waals surface area contributed by atoms with Crippen LogP contribution in [0.1, 0.15) is 5.56 Å². The maximum atomic E-state index is 11.7. The van der Waals surface area contributed by atoms with E-state index < -0.39 is 5.63 Å². The van der Waals surface area contributed by atoms with Crippen LogP contribution in [0.15, 0.2) is 58.0 Å². The molecule has 0 fully saturated rings. The van der Waals surface area contributed by atoms with E-state index in [0.29, 0.717) is 17.7 Å². The number of rotatable bonds is 3. The van der Waals surface area contributed by atoms with Gasteiger partial charge in [-0.1, -0.05) is 11.8 Å². The van der Waals surface area contributed by atoms with Crippen LogP contribution in [-0.2, 0) is 6.61 Å². The van der Waals surface area contributed by atoms with Crippen LogP contribution in [0.25, 0.3) is 11.0 Å². The van der Waals surface area contributed by atoms with E-state index in [-0.39, 0.29) is 40.9 Å². The Morgan fingerprint density at radius 3 is 2.86 bits per heavy atom. The number of aromatic nitrogens is 1. The van der Waals surface area contributed by atoms with Gasteiger partial charge in [-0.3, -0.25) is 4.98 Å². The van der Waals surface area contributed by atoms with Crippen molar-refractivity contribution in [3.8, 4) is 11.5 Å². The summed E-state index contributed by atoms with van der Waals surface area (Å²) >= 11 is 0. The van der Waals surface area contributed by atoms with Crippen molar-refractivity contribution in [2.45, 2.75) is 6.61 Å². The number of hydrogen-bond donors (Lipinski definition) is 0. The molecule has 21 heavy (non-hydrogen) atoms. The summed E-state index contributed by atoms with van der Waals surface area (Å²) < 4.78 is 10.5. The Morgan fingerprint density at radius 1 is 1.24 bits per heavy atom. The summed E-state index contributed by atoms with van der Waals surface area (Å²) in [5.41, 5.74) is 0.539. The van der Waals surface area contributed by atoms with Gasteiger partial charge in [0.2, 0.25) is 0 Å². The number of hydrogen-bond acceptors (Lipinski definition) is 5. The van der Waals surface area contributed by atoms with E-state index in [0.717, 1.165) is 11.6 Å². The van der Waals surface area contributed by atoms with Crippen molar-refractivity contribution in [2.75, 3.05) is 0 Å². The molecule has 5 nitrogen and oxygen atoms in total. The number of nitrogens with zero attached hydrogens (tertiary/aromatic N) is 1. The zero-order chi connectivity index (χ0) is 13.9. The van der Waals surface area contributed by atoms with Crippen LogP contribution < -0.4 is 45.0 Å². The third-order valence-electron chi connectivity index (χ3n) is 2.80. The van der Waals surface area contributed by atoms with E-state index in [9.17, 15) is 9.90 Å². The Kier molecular flexibility index (Phi) is 5.01. The second-order valence-corrected chi connectivity index (χ2v) is 4.24. The molecule has 3 aromatic rings. The molecular formula is C15H10NNaO4. The quantitative estimate of drug-likeness (QED) is 0.450. The molecule has 0 aliphatic rings. The molecule has 0 aliphatic carbocycles. The van der Waals surface area contributed by atoms with Crippen LogP contribution >= 0.6 is 0 Å². The van der Waals surface area contributed by atoms with E-state index in [1.807, 2.05) is 12.1 Å². The average Bonchev–Trinajstić information content (AvgIpc) is 2.46. The van der Waals surface area contributed by atoms with Gasteiger partial charge in [-0.2, -0.15) is 0 Å². The standard InChI is InChI=1S/C15H11NO4.Na/c17-13-7-15(18)20-14-4-3-11(6-12(13)14)19-9-10-2-1-5-16-8-10;/h1-8,17H,9H2;/q;+1/p-1. The summed E-state index contributed by atoms with van der Waals surface area (Å²) in [5, 5.41) is 12.0. The molecule has 0 atom stereocenters. The molecule has 0 unspecified atom stereocenters. The molecule has 3 rings (SSSR count). The average molecular weight is 291 g/mol. The minimum Gasteiger partial charge on any atom is -0.872 e. The summed E-state index contributed by atoms with van der Waals surface area (Å²) in [6.07, 6.45) is 3.39. The summed E-state index contributed by atoms with van der Waals surface area (Å²) in [4.78, 5) is 15.1. The van der Waals surface area contributed by atoms with Crippen molar-refractivity contribution >= 4 is 11.0 Å².